The number of esters is 1. The summed E-state index contributed by atoms with van der Waals surface area (Å²) in [6.45, 7) is 2.66. The molecule has 0 bridgehead atoms. The molecular formula is C8H8N4O4S. The van der Waals surface area contributed by atoms with Crippen molar-refractivity contribution in [2.24, 2.45) is 0 Å². The average Bonchev–Trinajstić information content (AvgIpc) is 2.61. The number of nitro groups is 1. The third-order valence-corrected chi connectivity index (χ3v) is 2.22. The Morgan fingerprint density at radius 2 is 2.41 bits per heavy atom. The Morgan fingerprint density at radius 3 is 2.88 bits per heavy atom. The summed E-state index contributed by atoms with van der Waals surface area (Å²) in [5.74, 6) is -0.944. The van der Waals surface area contributed by atoms with Gasteiger partial charge in [0.15, 0.2) is 5.69 Å². The lowest BCUT2D eigenvalue weighted by molar-refractivity contribution is -0.390. The molecule has 0 saturated heterocycles. The van der Waals surface area contributed by atoms with Gasteiger partial charge in [-0.2, -0.15) is 10.2 Å². The van der Waals surface area contributed by atoms with E-state index in [2.05, 4.69) is 9.97 Å². The van der Waals surface area contributed by atoms with Gasteiger partial charge < -0.3 is 14.9 Å². The van der Waals surface area contributed by atoms with Crippen LogP contribution in [-0.4, -0.2) is 20.9 Å². The molecule has 9 heteroatoms. The van der Waals surface area contributed by atoms with E-state index in [0.717, 1.165) is 0 Å². The van der Waals surface area contributed by atoms with E-state index >= 15 is 0 Å². The summed E-state index contributed by atoms with van der Waals surface area (Å²) in [7, 11) is 0. The standard InChI is InChI=1S/C8H8N4O4S/c1-4(16-5(2)13)6-7(12(14)15)11-8(10-6)17-3-9/h4H,1-2H3,(H,10,11). The number of nitriles is 1. The predicted octanol–water partition coefficient (Wildman–Crippen LogP) is 1.52. The molecule has 0 fully saturated rings. The van der Waals surface area contributed by atoms with Gasteiger partial charge in [-0.15, -0.1) is 0 Å². The molecule has 1 unspecified atom stereocenters. The van der Waals surface area contributed by atoms with Crippen LogP contribution >= 0.6 is 11.8 Å². The second-order valence-corrected chi connectivity index (χ2v) is 3.75. The lowest BCUT2D eigenvalue weighted by atomic mass is 10.3. The van der Waals surface area contributed by atoms with Crippen LogP contribution in [0.5, 0.6) is 0 Å². The minimum Gasteiger partial charge on any atom is -0.456 e. The third kappa shape index (κ3) is 3.18. The van der Waals surface area contributed by atoms with Crippen molar-refractivity contribution in [2.45, 2.75) is 25.1 Å². The Labute approximate surface area is 100 Å². The molecule has 0 saturated carbocycles. The summed E-state index contributed by atoms with van der Waals surface area (Å²) in [6, 6.07) is 0. The summed E-state index contributed by atoms with van der Waals surface area (Å²) < 4.78 is 4.80. The van der Waals surface area contributed by atoms with Crippen molar-refractivity contribution < 1.29 is 14.5 Å². The van der Waals surface area contributed by atoms with Crippen LogP contribution in [0.3, 0.4) is 0 Å². The van der Waals surface area contributed by atoms with Crippen molar-refractivity contribution >= 4 is 23.5 Å². The molecule has 0 aromatic carbocycles. The number of carbonyl (C=O) groups excluding carboxylic acids is 1. The van der Waals surface area contributed by atoms with Crippen LogP contribution in [0.4, 0.5) is 5.82 Å². The monoisotopic (exact) mass is 256 g/mol. The van der Waals surface area contributed by atoms with Crippen LogP contribution in [0.1, 0.15) is 25.6 Å². The van der Waals surface area contributed by atoms with Crippen molar-refractivity contribution in [1.29, 1.82) is 5.26 Å². The van der Waals surface area contributed by atoms with Gasteiger partial charge in [-0.05, 0) is 11.8 Å². The maximum atomic E-state index is 10.8. The van der Waals surface area contributed by atoms with Crippen LogP contribution in [0.25, 0.3) is 0 Å². The topological polar surface area (TPSA) is 122 Å². The molecule has 1 rings (SSSR count). The zero-order chi connectivity index (χ0) is 13.0. The molecule has 1 atom stereocenters. The van der Waals surface area contributed by atoms with Gasteiger partial charge in [0.2, 0.25) is 0 Å². The fourth-order valence-electron chi connectivity index (χ4n) is 1.17. The zero-order valence-corrected chi connectivity index (χ0v) is 9.78. The Balaban J connectivity index is 3.08. The Morgan fingerprint density at radius 1 is 1.76 bits per heavy atom. The highest BCUT2D eigenvalue weighted by molar-refractivity contribution is 8.03. The maximum Gasteiger partial charge on any atom is 0.348 e. The Hall–Kier alpha value is -2.08. The number of thioether (sulfide) groups is 1. The average molecular weight is 256 g/mol. The minimum atomic E-state index is -0.850. The molecule has 1 N–H and O–H groups in total. The Bertz CT molecular complexity index is 492. The van der Waals surface area contributed by atoms with E-state index in [4.69, 9.17) is 10.00 Å². The lowest BCUT2D eigenvalue weighted by Gasteiger charge is -2.08. The van der Waals surface area contributed by atoms with Gasteiger partial charge in [-0.1, -0.05) is 0 Å². The van der Waals surface area contributed by atoms with Crippen molar-refractivity contribution in [3.63, 3.8) is 0 Å². The molecule has 1 heterocycles. The number of ether oxygens (including phenoxy) is 1. The van der Waals surface area contributed by atoms with Crippen LogP contribution in [-0.2, 0) is 9.53 Å². The number of hydrogen-bond acceptors (Lipinski definition) is 7. The first-order chi connectivity index (χ1) is 7.95. The first-order valence-electron chi connectivity index (χ1n) is 4.43. The van der Waals surface area contributed by atoms with Crippen LogP contribution < -0.4 is 0 Å². The highest BCUT2D eigenvalue weighted by Gasteiger charge is 2.26. The molecule has 0 aliphatic carbocycles. The van der Waals surface area contributed by atoms with Crippen LogP contribution in [0.15, 0.2) is 5.16 Å². The quantitative estimate of drug-likeness (QED) is 0.285. The summed E-state index contributed by atoms with van der Waals surface area (Å²) in [5, 5.41) is 21.0. The van der Waals surface area contributed by atoms with Gasteiger partial charge in [-0.25, -0.2) is 4.98 Å². The Kier molecular flexibility index (Phi) is 4.06. The number of aromatic amines is 1. The second kappa shape index (κ2) is 5.31. The van der Waals surface area contributed by atoms with Crippen LogP contribution in [0.2, 0.25) is 0 Å². The largest absolute Gasteiger partial charge is 0.456 e. The number of aromatic nitrogens is 2. The number of carbonyl (C=O) groups is 1. The fraction of sp³-hybridized carbons (Fsp3) is 0.375. The van der Waals surface area contributed by atoms with Gasteiger partial charge in [-0.3, -0.25) is 4.79 Å². The third-order valence-electron chi connectivity index (χ3n) is 1.74. The number of imidazole rings is 1. The van der Waals surface area contributed by atoms with Gasteiger partial charge in [0.05, 0.1) is 11.8 Å². The van der Waals surface area contributed by atoms with Gasteiger partial charge in [0.1, 0.15) is 11.5 Å². The van der Waals surface area contributed by atoms with Crippen molar-refractivity contribution in [1.82, 2.24) is 9.97 Å². The molecule has 0 radical (unpaired) electrons. The number of hydrogen-bond donors (Lipinski definition) is 1. The molecular weight excluding hydrogens is 248 g/mol. The van der Waals surface area contributed by atoms with E-state index in [9.17, 15) is 14.9 Å². The van der Waals surface area contributed by atoms with E-state index in [1.807, 2.05) is 0 Å². The maximum absolute atomic E-state index is 10.8. The summed E-state index contributed by atoms with van der Waals surface area (Å²) in [5.41, 5.74) is -0.0112. The highest BCUT2D eigenvalue weighted by atomic mass is 32.2. The van der Waals surface area contributed by atoms with Crippen molar-refractivity contribution in [3.8, 4) is 5.40 Å². The minimum absolute atomic E-state index is 0.0112. The number of thiocyanates is 1. The van der Waals surface area contributed by atoms with Gasteiger partial charge in [0.25, 0.3) is 5.16 Å². The summed E-state index contributed by atoms with van der Waals surface area (Å²) >= 11 is 0.658. The van der Waals surface area contributed by atoms with E-state index in [0.29, 0.717) is 11.8 Å². The van der Waals surface area contributed by atoms with E-state index in [1.165, 1.54) is 13.8 Å². The highest BCUT2D eigenvalue weighted by Crippen LogP contribution is 2.28. The first kappa shape index (κ1) is 13.0. The molecule has 0 aliphatic heterocycles. The smallest absolute Gasteiger partial charge is 0.348 e. The molecule has 0 aliphatic rings. The van der Waals surface area contributed by atoms with E-state index in [-0.39, 0.29) is 16.7 Å². The van der Waals surface area contributed by atoms with Gasteiger partial charge in [0, 0.05) is 6.92 Å². The number of nitrogens with one attached hydrogen (secondary N) is 1. The number of nitrogens with zero attached hydrogens (tertiary/aromatic N) is 3. The SMILES string of the molecule is CC(=O)OC(C)c1nc(SC#N)[nH]c1[N+](=O)[O-]. The predicted molar refractivity (Wildman–Crippen MR) is 56.9 cm³/mol. The normalized spacial score (nSPS) is 11.6. The zero-order valence-electron chi connectivity index (χ0n) is 8.96. The second-order valence-electron chi connectivity index (χ2n) is 2.98. The molecule has 17 heavy (non-hydrogen) atoms. The van der Waals surface area contributed by atoms with Crippen molar-refractivity contribution in [2.75, 3.05) is 0 Å². The van der Waals surface area contributed by atoms with Gasteiger partial charge >= 0.3 is 11.8 Å². The molecule has 1 aromatic heterocycles. The fourth-order valence-corrected chi connectivity index (χ4v) is 1.55. The first-order valence-corrected chi connectivity index (χ1v) is 5.24. The molecule has 0 spiro atoms. The molecule has 1 aromatic rings. The molecule has 90 valence electrons. The van der Waals surface area contributed by atoms with E-state index < -0.39 is 17.0 Å². The molecule has 0 amide bonds. The number of rotatable bonds is 4. The van der Waals surface area contributed by atoms with Crippen molar-refractivity contribution in [3.05, 3.63) is 15.8 Å². The number of H-pyrrole nitrogens is 1. The lowest BCUT2D eigenvalue weighted by Crippen LogP contribution is -2.07. The summed E-state index contributed by atoms with van der Waals surface area (Å²) in [6.07, 6.45) is -0.850. The summed E-state index contributed by atoms with van der Waals surface area (Å²) in [4.78, 5) is 27.0. The van der Waals surface area contributed by atoms with E-state index in [1.54, 1.807) is 5.40 Å². The van der Waals surface area contributed by atoms with Crippen LogP contribution in [0, 0.1) is 20.8 Å². The molecule has 8 nitrogen and oxygen atoms in total.